The van der Waals surface area contributed by atoms with Crippen LogP contribution in [-0.4, -0.2) is 49.3 Å². The summed E-state index contributed by atoms with van der Waals surface area (Å²) in [5.41, 5.74) is 1.40. The molecule has 0 radical (unpaired) electrons. The Labute approximate surface area is 180 Å². The summed E-state index contributed by atoms with van der Waals surface area (Å²) in [5, 5.41) is 3.00. The minimum Gasteiger partial charge on any atom is -0.455 e. The van der Waals surface area contributed by atoms with E-state index in [0.717, 1.165) is 5.56 Å². The van der Waals surface area contributed by atoms with Crippen molar-refractivity contribution in [1.82, 2.24) is 9.29 Å². The van der Waals surface area contributed by atoms with Crippen molar-refractivity contribution in [2.45, 2.75) is 24.7 Å². The van der Waals surface area contributed by atoms with Gasteiger partial charge in [0.1, 0.15) is 4.90 Å². The normalized spacial score (nSPS) is 15.5. The number of esters is 1. The maximum atomic E-state index is 12.6. The molecule has 30 heavy (non-hydrogen) atoms. The van der Waals surface area contributed by atoms with E-state index >= 15 is 0 Å². The molecule has 0 unspecified atom stereocenters. The van der Waals surface area contributed by atoms with Crippen LogP contribution in [0.2, 0.25) is 5.02 Å². The zero-order valence-electron chi connectivity index (χ0n) is 16.4. The second-order valence-electron chi connectivity index (χ2n) is 7.01. The summed E-state index contributed by atoms with van der Waals surface area (Å²) in [6.45, 7) is 1.84. The number of benzene rings is 1. The third kappa shape index (κ3) is 5.35. The van der Waals surface area contributed by atoms with Gasteiger partial charge in [-0.2, -0.15) is 4.31 Å². The SMILES string of the molecule is Cc1ccc(NC(=O)COC(=O)C2CCN(S(=O)(=O)c3cccnc3)CC2)c(Cl)c1. The maximum absolute atomic E-state index is 12.6. The number of nitrogens with zero attached hydrogens (tertiary/aromatic N) is 2. The predicted octanol–water partition coefficient (Wildman–Crippen LogP) is 2.63. The molecule has 2 heterocycles. The second kappa shape index (κ2) is 9.55. The van der Waals surface area contributed by atoms with E-state index in [1.807, 2.05) is 6.92 Å². The summed E-state index contributed by atoms with van der Waals surface area (Å²) in [6.07, 6.45) is 3.45. The van der Waals surface area contributed by atoms with Gasteiger partial charge in [0.2, 0.25) is 10.0 Å². The van der Waals surface area contributed by atoms with Gasteiger partial charge in [-0.05, 0) is 49.6 Å². The average molecular weight is 452 g/mol. The Hall–Kier alpha value is -2.49. The zero-order valence-corrected chi connectivity index (χ0v) is 17.9. The minimum atomic E-state index is -3.64. The first-order valence-electron chi connectivity index (χ1n) is 9.40. The number of nitrogens with one attached hydrogen (secondary N) is 1. The van der Waals surface area contributed by atoms with Crippen LogP contribution in [0, 0.1) is 12.8 Å². The molecule has 160 valence electrons. The molecule has 1 aromatic heterocycles. The highest BCUT2D eigenvalue weighted by Crippen LogP contribution is 2.25. The Kier molecular flexibility index (Phi) is 7.06. The highest BCUT2D eigenvalue weighted by atomic mass is 35.5. The Morgan fingerprint density at radius 1 is 1.27 bits per heavy atom. The van der Waals surface area contributed by atoms with Crippen LogP contribution in [0.25, 0.3) is 0 Å². The van der Waals surface area contributed by atoms with Crippen molar-refractivity contribution in [1.29, 1.82) is 0 Å². The lowest BCUT2D eigenvalue weighted by Gasteiger charge is -2.29. The summed E-state index contributed by atoms with van der Waals surface area (Å²) in [7, 11) is -3.64. The van der Waals surface area contributed by atoms with Crippen molar-refractivity contribution >= 4 is 39.2 Å². The third-order valence-electron chi connectivity index (χ3n) is 4.80. The van der Waals surface area contributed by atoms with E-state index in [9.17, 15) is 18.0 Å². The Bertz CT molecular complexity index is 1020. The molecule has 1 saturated heterocycles. The van der Waals surface area contributed by atoms with Crippen LogP contribution in [0.15, 0.2) is 47.6 Å². The van der Waals surface area contributed by atoms with E-state index < -0.39 is 34.4 Å². The van der Waals surface area contributed by atoms with Gasteiger partial charge in [-0.3, -0.25) is 14.6 Å². The summed E-state index contributed by atoms with van der Waals surface area (Å²) in [5.74, 6) is -1.47. The van der Waals surface area contributed by atoms with Crippen LogP contribution in [0.1, 0.15) is 18.4 Å². The van der Waals surface area contributed by atoms with Gasteiger partial charge in [0.05, 0.1) is 16.6 Å². The third-order valence-corrected chi connectivity index (χ3v) is 7.00. The van der Waals surface area contributed by atoms with Crippen molar-refractivity contribution in [2.75, 3.05) is 25.0 Å². The molecular formula is C20H22ClN3O5S. The van der Waals surface area contributed by atoms with Crippen LogP contribution < -0.4 is 5.32 Å². The number of rotatable bonds is 6. The number of aromatic nitrogens is 1. The summed E-state index contributed by atoms with van der Waals surface area (Å²) in [4.78, 5) is 28.3. The zero-order chi connectivity index (χ0) is 21.7. The monoisotopic (exact) mass is 451 g/mol. The predicted molar refractivity (Wildman–Crippen MR) is 111 cm³/mol. The molecule has 1 N–H and O–H groups in total. The first-order valence-corrected chi connectivity index (χ1v) is 11.2. The van der Waals surface area contributed by atoms with Gasteiger partial charge in [0.15, 0.2) is 6.61 Å². The largest absolute Gasteiger partial charge is 0.455 e. The van der Waals surface area contributed by atoms with Crippen LogP contribution in [0.4, 0.5) is 5.69 Å². The van der Waals surface area contributed by atoms with Gasteiger partial charge < -0.3 is 10.1 Å². The van der Waals surface area contributed by atoms with Crippen molar-refractivity contribution in [3.05, 3.63) is 53.3 Å². The van der Waals surface area contributed by atoms with Gasteiger partial charge >= 0.3 is 5.97 Å². The molecule has 1 aromatic carbocycles. The lowest BCUT2D eigenvalue weighted by molar-refractivity contribution is -0.152. The molecule has 10 heteroatoms. The highest BCUT2D eigenvalue weighted by Gasteiger charge is 2.33. The number of ether oxygens (including phenoxy) is 1. The molecule has 1 aliphatic rings. The summed E-state index contributed by atoms with van der Waals surface area (Å²) >= 11 is 6.07. The first kappa shape index (κ1) is 22.2. The molecule has 0 spiro atoms. The van der Waals surface area contributed by atoms with E-state index in [-0.39, 0.29) is 18.0 Å². The van der Waals surface area contributed by atoms with Crippen LogP contribution in [-0.2, 0) is 24.3 Å². The van der Waals surface area contributed by atoms with Crippen molar-refractivity contribution in [3.63, 3.8) is 0 Å². The number of pyridine rings is 1. The number of hydrogen-bond acceptors (Lipinski definition) is 6. The van der Waals surface area contributed by atoms with E-state index in [2.05, 4.69) is 10.3 Å². The van der Waals surface area contributed by atoms with Crippen molar-refractivity contribution in [3.8, 4) is 0 Å². The molecule has 8 nitrogen and oxygen atoms in total. The van der Waals surface area contributed by atoms with E-state index in [4.69, 9.17) is 16.3 Å². The molecule has 0 atom stereocenters. The van der Waals surface area contributed by atoms with Crippen LogP contribution in [0.5, 0.6) is 0 Å². The van der Waals surface area contributed by atoms with Gasteiger partial charge in [-0.1, -0.05) is 17.7 Å². The Balaban J connectivity index is 1.48. The van der Waals surface area contributed by atoms with E-state index in [1.54, 1.807) is 24.3 Å². The fourth-order valence-electron chi connectivity index (χ4n) is 3.14. The van der Waals surface area contributed by atoms with Gasteiger partial charge in [0, 0.05) is 25.5 Å². The highest BCUT2D eigenvalue weighted by molar-refractivity contribution is 7.89. The number of halogens is 1. The lowest BCUT2D eigenvalue weighted by Crippen LogP contribution is -2.41. The fourth-order valence-corrected chi connectivity index (χ4v) is 4.86. The minimum absolute atomic E-state index is 0.123. The second-order valence-corrected chi connectivity index (χ2v) is 9.35. The maximum Gasteiger partial charge on any atom is 0.309 e. The van der Waals surface area contributed by atoms with Gasteiger partial charge in [-0.15, -0.1) is 0 Å². The smallest absolute Gasteiger partial charge is 0.309 e. The number of amides is 1. The number of aryl methyl sites for hydroxylation is 1. The number of hydrogen-bond donors (Lipinski definition) is 1. The summed E-state index contributed by atoms with van der Waals surface area (Å²) < 4.78 is 31.7. The number of carbonyl (C=O) groups is 2. The summed E-state index contributed by atoms with van der Waals surface area (Å²) in [6, 6.07) is 8.25. The molecular weight excluding hydrogens is 430 g/mol. The molecule has 0 bridgehead atoms. The molecule has 1 amide bonds. The van der Waals surface area contributed by atoms with Crippen molar-refractivity contribution < 1.29 is 22.7 Å². The standard InChI is InChI=1S/C20H22ClN3O5S/c1-14-4-5-18(17(21)11-14)23-19(25)13-29-20(26)15-6-9-24(10-7-15)30(27,28)16-3-2-8-22-12-16/h2-5,8,11-12,15H,6-7,9-10,13H2,1H3,(H,23,25). The molecule has 3 rings (SSSR count). The van der Waals surface area contributed by atoms with E-state index in [0.29, 0.717) is 23.6 Å². The number of sulfonamides is 1. The average Bonchev–Trinajstić information content (AvgIpc) is 2.75. The van der Waals surface area contributed by atoms with Gasteiger partial charge in [-0.25, -0.2) is 8.42 Å². The lowest BCUT2D eigenvalue weighted by atomic mass is 9.98. The Morgan fingerprint density at radius 3 is 2.63 bits per heavy atom. The molecule has 1 aliphatic heterocycles. The fraction of sp³-hybridized carbons (Fsp3) is 0.350. The number of anilines is 1. The molecule has 0 aliphatic carbocycles. The quantitative estimate of drug-likeness (QED) is 0.677. The molecule has 1 fully saturated rings. The van der Waals surface area contributed by atoms with Crippen LogP contribution >= 0.6 is 11.6 Å². The first-order chi connectivity index (χ1) is 14.3. The Morgan fingerprint density at radius 2 is 2.00 bits per heavy atom. The van der Waals surface area contributed by atoms with Crippen LogP contribution in [0.3, 0.4) is 0 Å². The molecule has 2 aromatic rings. The topological polar surface area (TPSA) is 106 Å². The van der Waals surface area contributed by atoms with E-state index in [1.165, 1.54) is 22.8 Å². The number of piperidine rings is 1. The van der Waals surface area contributed by atoms with Crippen molar-refractivity contribution in [2.24, 2.45) is 5.92 Å². The molecule has 0 saturated carbocycles. The van der Waals surface area contributed by atoms with Gasteiger partial charge in [0.25, 0.3) is 5.91 Å². The number of carbonyl (C=O) groups excluding carboxylic acids is 2.